The number of hydrogen-bond acceptors (Lipinski definition) is 4. The van der Waals surface area contributed by atoms with E-state index in [9.17, 15) is 5.26 Å². The molecule has 3 aromatic rings. The molecule has 0 N–H and O–H groups in total. The Morgan fingerprint density at radius 1 is 1.00 bits per heavy atom. The van der Waals surface area contributed by atoms with Gasteiger partial charge in [0.1, 0.15) is 11.8 Å². The lowest BCUT2D eigenvalue weighted by Crippen LogP contribution is -2.17. The maximum Gasteiger partial charge on any atom is 0.143 e. The minimum atomic E-state index is 0.408. The summed E-state index contributed by atoms with van der Waals surface area (Å²) in [6, 6.07) is 21.4. The molecule has 110 valence electrons. The van der Waals surface area contributed by atoms with Crippen LogP contribution in [0.5, 0.6) is 0 Å². The number of nitrogens with zero attached hydrogens (tertiary/aromatic N) is 4. The van der Waals surface area contributed by atoms with Crippen LogP contribution in [0.25, 0.3) is 10.9 Å². The number of pyridine rings is 1. The van der Waals surface area contributed by atoms with Crippen LogP contribution in [0.1, 0.15) is 16.8 Å². The molecule has 4 heteroatoms. The predicted octanol–water partition coefficient (Wildman–Crippen LogP) is 3.61. The fourth-order valence-electron chi connectivity index (χ4n) is 2.57. The van der Waals surface area contributed by atoms with E-state index < -0.39 is 0 Å². The van der Waals surface area contributed by atoms with Crippen molar-refractivity contribution in [3.8, 4) is 12.1 Å². The molecule has 0 fully saturated rings. The second-order valence-electron chi connectivity index (χ2n) is 5.32. The molecule has 1 heterocycles. The Balaban J connectivity index is 1.98. The lowest BCUT2D eigenvalue weighted by Gasteiger charge is -2.21. The van der Waals surface area contributed by atoms with Gasteiger partial charge in [-0.25, -0.2) is 4.98 Å². The first-order valence-electron chi connectivity index (χ1n) is 7.21. The number of nitriles is 2. The third-order valence-electron chi connectivity index (χ3n) is 3.72. The highest BCUT2D eigenvalue weighted by atomic mass is 15.1. The SMILES string of the molecule is CN(Cc1ccc(C#N)cc1)c1cc(C#N)nc2ccccc12. The van der Waals surface area contributed by atoms with Crippen LogP contribution in [0.2, 0.25) is 0 Å². The zero-order valence-electron chi connectivity index (χ0n) is 12.7. The van der Waals surface area contributed by atoms with Crippen molar-refractivity contribution in [2.24, 2.45) is 0 Å². The fourth-order valence-corrected chi connectivity index (χ4v) is 2.57. The van der Waals surface area contributed by atoms with Gasteiger partial charge in [-0.1, -0.05) is 30.3 Å². The molecule has 1 aromatic heterocycles. The van der Waals surface area contributed by atoms with Gasteiger partial charge in [0.05, 0.1) is 17.1 Å². The average molecular weight is 298 g/mol. The molecule has 3 rings (SSSR count). The summed E-state index contributed by atoms with van der Waals surface area (Å²) < 4.78 is 0. The molecular formula is C19H14N4. The molecule has 0 saturated heterocycles. The first kappa shape index (κ1) is 14.6. The summed E-state index contributed by atoms with van der Waals surface area (Å²) in [5.41, 5.74) is 3.94. The van der Waals surface area contributed by atoms with E-state index in [0.29, 0.717) is 17.8 Å². The number of anilines is 1. The van der Waals surface area contributed by atoms with Gasteiger partial charge in [-0.2, -0.15) is 10.5 Å². The third kappa shape index (κ3) is 2.97. The number of fused-ring (bicyclic) bond motifs is 1. The van der Waals surface area contributed by atoms with E-state index in [1.165, 1.54) is 0 Å². The van der Waals surface area contributed by atoms with Crippen molar-refractivity contribution >= 4 is 16.6 Å². The molecule has 0 amide bonds. The number of aromatic nitrogens is 1. The molecular weight excluding hydrogens is 284 g/mol. The van der Waals surface area contributed by atoms with Crippen LogP contribution in [-0.2, 0) is 6.54 Å². The highest BCUT2D eigenvalue weighted by Gasteiger charge is 2.10. The minimum Gasteiger partial charge on any atom is -0.370 e. The largest absolute Gasteiger partial charge is 0.370 e. The Morgan fingerprint density at radius 2 is 1.74 bits per heavy atom. The monoisotopic (exact) mass is 298 g/mol. The van der Waals surface area contributed by atoms with E-state index in [1.54, 1.807) is 0 Å². The van der Waals surface area contributed by atoms with Gasteiger partial charge < -0.3 is 4.90 Å². The Kier molecular flexibility index (Phi) is 3.91. The quantitative estimate of drug-likeness (QED) is 0.741. The molecule has 0 bridgehead atoms. The van der Waals surface area contributed by atoms with Crippen LogP contribution < -0.4 is 4.90 Å². The van der Waals surface area contributed by atoms with Crippen LogP contribution in [0.4, 0.5) is 5.69 Å². The number of rotatable bonds is 3. The van der Waals surface area contributed by atoms with Crippen molar-refractivity contribution in [3.63, 3.8) is 0 Å². The lowest BCUT2D eigenvalue weighted by molar-refractivity contribution is 0.926. The van der Waals surface area contributed by atoms with Crippen molar-refractivity contribution in [2.75, 3.05) is 11.9 Å². The molecule has 0 aliphatic carbocycles. The fraction of sp³-hybridized carbons (Fsp3) is 0.105. The Bertz CT molecular complexity index is 930. The van der Waals surface area contributed by atoms with Gasteiger partial charge in [0.15, 0.2) is 0 Å². The third-order valence-corrected chi connectivity index (χ3v) is 3.72. The summed E-state index contributed by atoms with van der Waals surface area (Å²) in [5.74, 6) is 0. The molecule has 0 atom stereocenters. The van der Waals surface area contributed by atoms with Gasteiger partial charge in [0.2, 0.25) is 0 Å². The van der Waals surface area contributed by atoms with Gasteiger partial charge in [0, 0.05) is 24.7 Å². The van der Waals surface area contributed by atoms with E-state index in [0.717, 1.165) is 22.2 Å². The average Bonchev–Trinajstić information content (AvgIpc) is 2.61. The van der Waals surface area contributed by atoms with Crippen LogP contribution in [0.15, 0.2) is 54.6 Å². The first-order chi connectivity index (χ1) is 11.2. The second kappa shape index (κ2) is 6.17. The summed E-state index contributed by atoms with van der Waals surface area (Å²) in [4.78, 5) is 6.43. The van der Waals surface area contributed by atoms with E-state index in [-0.39, 0.29) is 0 Å². The summed E-state index contributed by atoms with van der Waals surface area (Å²) in [6.45, 7) is 0.685. The summed E-state index contributed by atoms with van der Waals surface area (Å²) in [5, 5.41) is 19.1. The summed E-state index contributed by atoms with van der Waals surface area (Å²) in [7, 11) is 1.99. The molecule has 2 aromatic carbocycles. The van der Waals surface area contributed by atoms with Gasteiger partial charge in [0.25, 0.3) is 0 Å². The van der Waals surface area contributed by atoms with Crippen LogP contribution >= 0.6 is 0 Å². The van der Waals surface area contributed by atoms with Gasteiger partial charge in [-0.15, -0.1) is 0 Å². The zero-order valence-corrected chi connectivity index (χ0v) is 12.7. The van der Waals surface area contributed by atoms with Crippen LogP contribution in [0.3, 0.4) is 0 Å². The van der Waals surface area contributed by atoms with Gasteiger partial charge >= 0.3 is 0 Å². The zero-order chi connectivity index (χ0) is 16.2. The maximum atomic E-state index is 9.19. The smallest absolute Gasteiger partial charge is 0.143 e. The van der Waals surface area contributed by atoms with Gasteiger partial charge in [-0.3, -0.25) is 0 Å². The molecule has 23 heavy (non-hydrogen) atoms. The number of hydrogen-bond donors (Lipinski definition) is 0. The second-order valence-corrected chi connectivity index (χ2v) is 5.32. The number of benzene rings is 2. The summed E-state index contributed by atoms with van der Waals surface area (Å²) >= 11 is 0. The van der Waals surface area contributed by atoms with Crippen LogP contribution in [-0.4, -0.2) is 12.0 Å². The Hall–Kier alpha value is -3.37. The molecule has 0 aliphatic rings. The normalized spacial score (nSPS) is 10.0. The lowest BCUT2D eigenvalue weighted by atomic mass is 10.1. The van der Waals surface area contributed by atoms with E-state index >= 15 is 0 Å². The topological polar surface area (TPSA) is 63.7 Å². The Morgan fingerprint density at radius 3 is 2.43 bits per heavy atom. The van der Waals surface area contributed by atoms with Crippen molar-refractivity contribution in [3.05, 3.63) is 71.4 Å². The highest BCUT2D eigenvalue weighted by Crippen LogP contribution is 2.27. The van der Waals surface area contributed by atoms with E-state index in [4.69, 9.17) is 5.26 Å². The number of para-hydroxylation sites is 1. The summed E-state index contributed by atoms with van der Waals surface area (Å²) in [6.07, 6.45) is 0. The highest BCUT2D eigenvalue weighted by molar-refractivity contribution is 5.92. The minimum absolute atomic E-state index is 0.408. The van der Waals surface area contributed by atoms with Crippen molar-refractivity contribution in [1.82, 2.24) is 4.98 Å². The van der Waals surface area contributed by atoms with Crippen molar-refractivity contribution < 1.29 is 0 Å². The van der Waals surface area contributed by atoms with Gasteiger partial charge in [-0.05, 0) is 29.8 Å². The molecule has 0 aliphatic heterocycles. The molecule has 0 spiro atoms. The first-order valence-corrected chi connectivity index (χ1v) is 7.21. The van der Waals surface area contributed by atoms with Crippen molar-refractivity contribution in [2.45, 2.75) is 6.54 Å². The van der Waals surface area contributed by atoms with E-state index in [2.05, 4.69) is 22.0 Å². The van der Waals surface area contributed by atoms with E-state index in [1.807, 2.05) is 61.6 Å². The molecule has 0 radical (unpaired) electrons. The molecule has 4 nitrogen and oxygen atoms in total. The standard InChI is InChI=1S/C19H14N4/c1-23(13-15-8-6-14(11-20)7-9-15)19-10-16(12-21)22-18-5-3-2-4-17(18)19/h2-10H,13H2,1H3. The Labute approximate surface area is 134 Å². The van der Waals surface area contributed by atoms with Crippen LogP contribution in [0, 0.1) is 22.7 Å². The molecule has 0 unspecified atom stereocenters. The van der Waals surface area contributed by atoms with Crippen molar-refractivity contribution in [1.29, 1.82) is 10.5 Å². The molecule has 0 saturated carbocycles. The maximum absolute atomic E-state index is 9.19. The predicted molar refractivity (Wildman–Crippen MR) is 89.7 cm³/mol.